The number of fused-ring (bicyclic) bond motifs is 1. The minimum absolute atomic E-state index is 0.0573. The van der Waals surface area contributed by atoms with Gasteiger partial charge in [-0.05, 0) is 37.6 Å². The second-order valence-corrected chi connectivity index (χ2v) is 8.08. The van der Waals surface area contributed by atoms with E-state index >= 15 is 0 Å². The van der Waals surface area contributed by atoms with Crippen LogP contribution in [0.2, 0.25) is 0 Å². The first-order valence-electron chi connectivity index (χ1n) is 11.1. The standard InChI is InChI=1S/C27H27N3O6/c1-15-6-7-24(35-5)23(8-15)30-26(32)22-12-21-17(14-31)13-28-16(2)25(21)36-27(22)29-18-9-19(33-3)11-20(10-18)34-4/h6-13,31H,14H2,1-5H3,(H,30,32). The predicted octanol–water partition coefficient (Wildman–Crippen LogP) is 4.45. The van der Waals surface area contributed by atoms with E-state index in [-0.39, 0.29) is 17.7 Å². The van der Waals surface area contributed by atoms with Gasteiger partial charge in [0.25, 0.3) is 5.91 Å². The largest absolute Gasteiger partial charge is 0.497 e. The number of carbonyl (C=O) groups is 1. The molecule has 0 fully saturated rings. The van der Waals surface area contributed by atoms with Gasteiger partial charge in [0.2, 0.25) is 5.55 Å². The van der Waals surface area contributed by atoms with Gasteiger partial charge in [-0.2, -0.15) is 0 Å². The number of aromatic nitrogens is 1. The third-order valence-electron chi connectivity index (χ3n) is 5.64. The van der Waals surface area contributed by atoms with Crippen molar-refractivity contribution in [2.45, 2.75) is 20.5 Å². The highest BCUT2D eigenvalue weighted by Crippen LogP contribution is 2.29. The lowest BCUT2D eigenvalue weighted by Gasteiger charge is -2.12. The van der Waals surface area contributed by atoms with Gasteiger partial charge in [-0.3, -0.25) is 9.78 Å². The molecular weight excluding hydrogens is 462 g/mol. The van der Waals surface area contributed by atoms with Gasteiger partial charge < -0.3 is 29.1 Å². The smallest absolute Gasteiger partial charge is 0.261 e. The summed E-state index contributed by atoms with van der Waals surface area (Å²) in [5, 5.41) is 13.3. The van der Waals surface area contributed by atoms with E-state index in [4.69, 9.17) is 18.6 Å². The Labute approximate surface area is 208 Å². The summed E-state index contributed by atoms with van der Waals surface area (Å²) < 4.78 is 22.2. The lowest BCUT2D eigenvalue weighted by Crippen LogP contribution is -2.22. The number of ether oxygens (including phenoxy) is 3. The van der Waals surface area contributed by atoms with Gasteiger partial charge in [-0.1, -0.05) is 6.07 Å². The molecule has 0 bridgehead atoms. The second-order valence-electron chi connectivity index (χ2n) is 8.08. The molecule has 2 aromatic carbocycles. The van der Waals surface area contributed by atoms with Crippen molar-refractivity contribution in [3.63, 3.8) is 0 Å². The summed E-state index contributed by atoms with van der Waals surface area (Å²) in [6, 6.07) is 12.2. The Bertz CT molecular complexity index is 1490. The summed E-state index contributed by atoms with van der Waals surface area (Å²) in [7, 11) is 4.61. The fraction of sp³-hybridized carbons (Fsp3) is 0.222. The molecule has 0 saturated carbocycles. The van der Waals surface area contributed by atoms with E-state index in [2.05, 4.69) is 15.3 Å². The Morgan fingerprint density at radius 2 is 1.75 bits per heavy atom. The molecule has 0 spiro atoms. The number of aryl methyl sites for hydroxylation is 2. The van der Waals surface area contributed by atoms with Gasteiger partial charge in [0, 0.05) is 35.3 Å². The van der Waals surface area contributed by atoms with Crippen molar-refractivity contribution in [3.05, 3.63) is 76.6 Å². The molecule has 4 aromatic rings. The van der Waals surface area contributed by atoms with E-state index in [1.54, 1.807) is 57.7 Å². The highest BCUT2D eigenvalue weighted by atomic mass is 16.5. The third kappa shape index (κ3) is 5.01. The third-order valence-corrected chi connectivity index (χ3v) is 5.64. The summed E-state index contributed by atoms with van der Waals surface area (Å²) >= 11 is 0. The van der Waals surface area contributed by atoms with Crippen molar-refractivity contribution in [3.8, 4) is 17.2 Å². The highest BCUT2D eigenvalue weighted by Gasteiger charge is 2.18. The average Bonchev–Trinajstić information content (AvgIpc) is 2.88. The number of methoxy groups -OCH3 is 3. The molecule has 1 amide bonds. The highest BCUT2D eigenvalue weighted by molar-refractivity contribution is 6.06. The number of hydrogen-bond donors (Lipinski definition) is 2. The van der Waals surface area contributed by atoms with Crippen LogP contribution < -0.4 is 25.1 Å². The van der Waals surface area contributed by atoms with Crippen LogP contribution in [-0.4, -0.2) is 37.3 Å². The van der Waals surface area contributed by atoms with Gasteiger partial charge >= 0.3 is 0 Å². The molecule has 0 saturated heterocycles. The molecule has 9 heteroatoms. The number of nitrogens with zero attached hydrogens (tertiary/aromatic N) is 2. The molecule has 0 aliphatic rings. The summed E-state index contributed by atoms with van der Waals surface area (Å²) in [6.07, 6.45) is 1.56. The predicted molar refractivity (Wildman–Crippen MR) is 135 cm³/mol. The first kappa shape index (κ1) is 24.7. The molecule has 36 heavy (non-hydrogen) atoms. The number of aliphatic hydroxyl groups is 1. The van der Waals surface area contributed by atoms with Crippen LogP contribution in [0.15, 0.2) is 58.1 Å². The molecule has 0 radical (unpaired) electrons. The molecular formula is C27H27N3O6. The first-order valence-corrected chi connectivity index (χ1v) is 11.1. The van der Waals surface area contributed by atoms with Crippen molar-refractivity contribution >= 4 is 28.3 Å². The Hall–Kier alpha value is -4.37. The zero-order chi connectivity index (χ0) is 25.8. The number of anilines is 1. The molecule has 186 valence electrons. The lowest BCUT2D eigenvalue weighted by atomic mass is 10.1. The van der Waals surface area contributed by atoms with Crippen LogP contribution in [0, 0.1) is 13.8 Å². The molecule has 2 N–H and O–H groups in total. The minimum atomic E-state index is -0.462. The van der Waals surface area contributed by atoms with Crippen LogP contribution in [0.25, 0.3) is 11.0 Å². The summed E-state index contributed by atoms with van der Waals surface area (Å²) in [6.45, 7) is 3.43. The topological polar surface area (TPSA) is 115 Å². The fourth-order valence-electron chi connectivity index (χ4n) is 3.74. The van der Waals surface area contributed by atoms with Crippen LogP contribution in [0.3, 0.4) is 0 Å². The number of amides is 1. The maximum Gasteiger partial charge on any atom is 0.261 e. The number of carbonyl (C=O) groups excluding carboxylic acids is 1. The van der Waals surface area contributed by atoms with Crippen molar-refractivity contribution in [1.82, 2.24) is 4.98 Å². The van der Waals surface area contributed by atoms with Crippen LogP contribution in [-0.2, 0) is 6.61 Å². The lowest BCUT2D eigenvalue weighted by molar-refractivity contribution is 0.102. The van der Waals surface area contributed by atoms with Crippen LogP contribution in [0.4, 0.5) is 11.4 Å². The van der Waals surface area contributed by atoms with Crippen molar-refractivity contribution in [2.75, 3.05) is 26.6 Å². The van der Waals surface area contributed by atoms with Gasteiger partial charge in [-0.15, -0.1) is 0 Å². The molecule has 0 aliphatic carbocycles. The Kier molecular flexibility index (Phi) is 7.21. The average molecular weight is 490 g/mol. The summed E-state index contributed by atoms with van der Waals surface area (Å²) in [5.41, 5.74) is 3.66. The second kappa shape index (κ2) is 10.5. The molecule has 0 unspecified atom stereocenters. The molecule has 2 aromatic heterocycles. The number of hydrogen-bond acceptors (Lipinski definition) is 8. The minimum Gasteiger partial charge on any atom is -0.497 e. The van der Waals surface area contributed by atoms with Crippen molar-refractivity contribution in [1.29, 1.82) is 0 Å². The van der Waals surface area contributed by atoms with Gasteiger partial charge in [0.05, 0.1) is 45.0 Å². The summed E-state index contributed by atoms with van der Waals surface area (Å²) in [4.78, 5) is 22.5. The maximum absolute atomic E-state index is 13.6. The zero-order valence-electron chi connectivity index (χ0n) is 20.7. The zero-order valence-corrected chi connectivity index (χ0v) is 20.7. The number of aliphatic hydroxyl groups excluding tert-OH is 1. The van der Waals surface area contributed by atoms with Gasteiger partial charge in [0.1, 0.15) is 22.8 Å². The molecule has 0 aliphatic heterocycles. The normalized spacial score (nSPS) is 11.4. The Morgan fingerprint density at radius 3 is 2.39 bits per heavy atom. The number of rotatable bonds is 7. The van der Waals surface area contributed by atoms with Crippen LogP contribution in [0.1, 0.15) is 27.2 Å². The SMILES string of the molecule is COc1cc(N=c2oc3c(C)ncc(CO)c3cc2C(=O)Nc2cc(C)ccc2OC)cc(OC)c1. The van der Waals surface area contributed by atoms with Crippen molar-refractivity contribution < 1.29 is 28.5 Å². The quantitative estimate of drug-likeness (QED) is 0.394. The van der Waals surface area contributed by atoms with Crippen LogP contribution >= 0.6 is 0 Å². The van der Waals surface area contributed by atoms with E-state index < -0.39 is 5.91 Å². The number of pyridine rings is 1. The van der Waals surface area contributed by atoms with E-state index in [1.807, 2.05) is 19.1 Å². The van der Waals surface area contributed by atoms with Gasteiger partial charge in [0.15, 0.2) is 5.58 Å². The van der Waals surface area contributed by atoms with Crippen LogP contribution in [0.5, 0.6) is 17.2 Å². The number of nitrogens with one attached hydrogen (secondary N) is 1. The Morgan fingerprint density at radius 1 is 1.03 bits per heavy atom. The molecule has 9 nitrogen and oxygen atoms in total. The first-order chi connectivity index (χ1) is 17.4. The molecule has 0 atom stereocenters. The molecule has 2 heterocycles. The molecule has 4 rings (SSSR count). The fourth-order valence-corrected chi connectivity index (χ4v) is 3.74. The van der Waals surface area contributed by atoms with E-state index in [0.29, 0.717) is 50.8 Å². The van der Waals surface area contributed by atoms with Crippen molar-refractivity contribution in [2.24, 2.45) is 4.99 Å². The number of benzene rings is 2. The monoisotopic (exact) mass is 489 g/mol. The van der Waals surface area contributed by atoms with E-state index in [1.165, 1.54) is 7.11 Å². The Balaban J connectivity index is 1.95. The van der Waals surface area contributed by atoms with Gasteiger partial charge in [-0.25, -0.2) is 4.99 Å². The maximum atomic E-state index is 13.6. The van der Waals surface area contributed by atoms with E-state index in [0.717, 1.165) is 5.56 Å². The van der Waals surface area contributed by atoms with E-state index in [9.17, 15) is 9.90 Å². The summed E-state index contributed by atoms with van der Waals surface area (Å²) in [5.74, 6) is 1.12.